The molecule has 0 bridgehead atoms. The molecule has 1 aromatic heterocycles. The summed E-state index contributed by atoms with van der Waals surface area (Å²) in [4.78, 5) is 0.812. The van der Waals surface area contributed by atoms with Crippen molar-refractivity contribution in [2.75, 3.05) is 14.2 Å². The number of benzene rings is 1. The Bertz CT molecular complexity index is 735. The molecule has 0 fully saturated rings. The van der Waals surface area contributed by atoms with E-state index in [0.29, 0.717) is 11.5 Å². The monoisotopic (exact) mass is 313 g/mol. The van der Waals surface area contributed by atoms with Gasteiger partial charge in [-0.3, -0.25) is 0 Å². The third-order valence-electron chi connectivity index (χ3n) is 2.92. The zero-order valence-electron chi connectivity index (χ0n) is 11.3. The van der Waals surface area contributed by atoms with Crippen LogP contribution in [-0.2, 0) is 10.0 Å². The summed E-state index contributed by atoms with van der Waals surface area (Å²) in [6.07, 6.45) is 0. The quantitative estimate of drug-likeness (QED) is 0.940. The third kappa shape index (κ3) is 2.65. The van der Waals surface area contributed by atoms with E-state index in [2.05, 4.69) is 0 Å². The van der Waals surface area contributed by atoms with Gasteiger partial charge in [0.2, 0.25) is 10.0 Å². The van der Waals surface area contributed by atoms with Crippen molar-refractivity contribution in [3.8, 4) is 21.9 Å². The zero-order valence-corrected chi connectivity index (χ0v) is 13.0. The Morgan fingerprint density at radius 1 is 1.10 bits per heavy atom. The van der Waals surface area contributed by atoms with Crippen LogP contribution in [-0.4, -0.2) is 22.6 Å². The summed E-state index contributed by atoms with van der Waals surface area (Å²) in [6, 6.07) is 6.90. The van der Waals surface area contributed by atoms with Crippen molar-refractivity contribution >= 4 is 21.4 Å². The molecule has 1 heterocycles. The Balaban J connectivity index is 2.56. The highest BCUT2D eigenvalue weighted by atomic mass is 32.2. The van der Waals surface area contributed by atoms with Crippen LogP contribution in [0.3, 0.4) is 0 Å². The van der Waals surface area contributed by atoms with E-state index in [-0.39, 0.29) is 4.21 Å². The van der Waals surface area contributed by atoms with Crippen molar-refractivity contribution in [3.05, 3.63) is 29.8 Å². The molecule has 5 nitrogen and oxygen atoms in total. The average molecular weight is 313 g/mol. The fourth-order valence-electron chi connectivity index (χ4n) is 1.97. The van der Waals surface area contributed by atoms with E-state index >= 15 is 0 Å². The number of hydrogen-bond donors (Lipinski definition) is 1. The molecule has 1 aromatic carbocycles. The Kier molecular flexibility index (Phi) is 4.03. The van der Waals surface area contributed by atoms with Crippen molar-refractivity contribution in [1.29, 1.82) is 0 Å². The molecule has 108 valence electrons. The normalized spacial score (nSPS) is 11.4. The second-order valence-corrected chi connectivity index (χ2v) is 7.01. The molecule has 0 unspecified atom stereocenters. The Morgan fingerprint density at radius 3 is 2.30 bits per heavy atom. The van der Waals surface area contributed by atoms with Gasteiger partial charge in [0.25, 0.3) is 0 Å². The molecule has 0 saturated heterocycles. The summed E-state index contributed by atoms with van der Waals surface area (Å²) in [5, 5.41) is 5.13. The maximum Gasteiger partial charge on any atom is 0.247 e. The SMILES string of the molecule is COc1ccc(-c2ccc(S(N)(=O)=O)s2)c(C)c1OC. The largest absolute Gasteiger partial charge is 0.493 e. The number of primary sulfonamides is 1. The summed E-state index contributed by atoms with van der Waals surface area (Å²) in [5.41, 5.74) is 1.78. The molecular formula is C13H15NO4S2. The van der Waals surface area contributed by atoms with Crippen LogP contribution >= 0.6 is 11.3 Å². The molecular weight excluding hydrogens is 298 g/mol. The molecule has 0 amide bonds. The van der Waals surface area contributed by atoms with Crippen LogP contribution in [0.1, 0.15) is 5.56 Å². The van der Waals surface area contributed by atoms with Gasteiger partial charge in [-0.05, 0) is 36.8 Å². The molecule has 2 aromatic rings. The van der Waals surface area contributed by atoms with Crippen LogP contribution < -0.4 is 14.6 Å². The molecule has 0 radical (unpaired) electrons. The zero-order chi connectivity index (χ0) is 14.9. The first kappa shape index (κ1) is 14.8. The lowest BCUT2D eigenvalue weighted by Gasteiger charge is -2.13. The van der Waals surface area contributed by atoms with Gasteiger partial charge in [-0.2, -0.15) is 0 Å². The van der Waals surface area contributed by atoms with Gasteiger partial charge >= 0.3 is 0 Å². The standard InChI is InChI=1S/C13H15NO4S2/c1-8-9(4-5-10(17-2)13(8)18-3)11-6-7-12(19-11)20(14,15)16/h4-7H,1-3H3,(H2,14,15,16). The van der Waals surface area contributed by atoms with Gasteiger partial charge in [0, 0.05) is 10.4 Å². The van der Waals surface area contributed by atoms with Crippen molar-refractivity contribution in [3.63, 3.8) is 0 Å². The number of ether oxygens (including phenoxy) is 2. The minimum absolute atomic E-state index is 0.140. The number of hydrogen-bond acceptors (Lipinski definition) is 5. The highest BCUT2D eigenvalue weighted by molar-refractivity contribution is 7.91. The van der Waals surface area contributed by atoms with Gasteiger partial charge in [0.05, 0.1) is 14.2 Å². The maximum atomic E-state index is 11.3. The summed E-state index contributed by atoms with van der Waals surface area (Å²) in [7, 11) is -0.530. The van der Waals surface area contributed by atoms with E-state index < -0.39 is 10.0 Å². The highest BCUT2D eigenvalue weighted by Crippen LogP contribution is 2.40. The minimum Gasteiger partial charge on any atom is -0.493 e. The van der Waals surface area contributed by atoms with Crippen molar-refractivity contribution in [2.45, 2.75) is 11.1 Å². The van der Waals surface area contributed by atoms with E-state index in [1.165, 1.54) is 6.07 Å². The van der Waals surface area contributed by atoms with E-state index in [4.69, 9.17) is 14.6 Å². The molecule has 0 saturated carbocycles. The average Bonchev–Trinajstić information content (AvgIpc) is 2.87. The Labute approximate surface area is 122 Å². The van der Waals surface area contributed by atoms with Crippen molar-refractivity contribution < 1.29 is 17.9 Å². The van der Waals surface area contributed by atoms with Crippen LogP contribution in [0.2, 0.25) is 0 Å². The number of nitrogens with two attached hydrogens (primary N) is 1. The van der Waals surface area contributed by atoms with E-state index in [1.54, 1.807) is 26.4 Å². The summed E-state index contributed by atoms with van der Waals surface area (Å²) in [5.74, 6) is 1.27. The Hall–Kier alpha value is -1.57. The number of rotatable bonds is 4. The van der Waals surface area contributed by atoms with Crippen LogP contribution in [0, 0.1) is 6.92 Å². The predicted molar refractivity (Wildman–Crippen MR) is 79.0 cm³/mol. The molecule has 20 heavy (non-hydrogen) atoms. The van der Waals surface area contributed by atoms with Crippen LogP contribution in [0.4, 0.5) is 0 Å². The molecule has 7 heteroatoms. The first-order valence-corrected chi connectivity index (χ1v) is 8.09. The molecule has 0 aliphatic heterocycles. The first-order valence-electron chi connectivity index (χ1n) is 5.73. The minimum atomic E-state index is -3.67. The van der Waals surface area contributed by atoms with Gasteiger partial charge in [-0.25, -0.2) is 13.6 Å². The fourth-order valence-corrected chi connectivity index (χ4v) is 3.78. The van der Waals surface area contributed by atoms with Gasteiger partial charge in [-0.1, -0.05) is 0 Å². The van der Waals surface area contributed by atoms with Crippen molar-refractivity contribution in [1.82, 2.24) is 0 Å². The highest BCUT2D eigenvalue weighted by Gasteiger charge is 2.16. The Morgan fingerprint density at radius 2 is 1.80 bits per heavy atom. The van der Waals surface area contributed by atoms with Crippen LogP contribution in [0.15, 0.2) is 28.5 Å². The lowest BCUT2D eigenvalue weighted by atomic mass is 10.1. The second-order valence-electron chi connectivity index (χ2n) is 4.14. The molecule has 0 aliphatic carbocycles. The van der Waals surface area contributed by atoms with E-state index in [9.17, 15) is 8.42 Å². The molecule has 2 N–H and O–H groups in total. The second kappa shape index (κ2) is 5.43. The molecule has 0 aliphatic rings. The summed E-state index contributed by atoms with van der Waals surface area (Å²) in [6.45, 7) is 1.90. The van der Waals surface area contributed by atoms with Crippen LogP contribution in [0.5, 0.6) is 11.5 Å². The smallest absolute Gasteiger partial charge is 0.247 e. The van der Waals surface area contributed by atoms with Gasteiger partial charge in [-0.15, -0.1) is 11.3 Å². The summed E-state index contributed by atoms with van der Waals surface area (Å²) >= 11 is 1.13. The van der Waals surface area contributed by atoms with Gasteiger partial charge in [0.15, 0.2) is 11.5 Å². The topological polar surface area (TPSA) is 78.6 Å². The molecule has 0 spiro atoms. The van der Waals surface area contributed by atoms with Gasteiger partial charge < -0.3 is 9.47 Å². The summed E-state index contributed by atoms with van der Waals surface area (Å²) < 4.78 is 33.4. The maximum absolute atomic E-state index is 11.3. The lowest BCUT2D eigenvalue weighted by Crippen LogP contribution is -2.09. The third-order valence-corrected chi connectivity index (χ3v) is 5.48. The lowest BCUT2D eigenvalue weighted by molar-refractivity contribution is 0.353. The van der Waals surface area contributed by atoms with Gasteiger partial charge in [0.1, 0.15) is 4.21 Å². The fraction of sp³-hybridized carbons (Fsp3) is 0.231. The van der Waals surface area contributed by atoms with E-state index in [0.717, 1.165) is 27.3 Å². The first-order chi connectivity index (χ1) is 9.38. The van der Waals surface area contributed by atoms with Crippen LogP contribution in [0.25, 0.3) is 10.4 Å². The molecule has 2 rings (SSSR count). The van der Waals surface area contributed by atoms with Crippen molar-refractivity contribution in [2.24, 2.45) is 5.14 Å². The molecule has 0 atom stereocenters. The van der Waals surface area contributed by atoms with E-state index in [1.807, 2.05) is 13.0 Å². The number of methoxy groups -OCH3 is 2. The number of sulfonamides is 1. The number of thiophene rings is 1. The predicted octanol–water partition coefficient (Wildman–Crippen LogP) is 2.39.